The van der Waals surface area contributed by atoms with E-state index in [0.717, 1.165) is 13.1 Å². The monoisotopic (exact) mass is 301 g/mol. The van der Waals surface area contributed by atoms with Crippen LogP contribution in [-0.4, -0.2) is 18.6 Å². The minimum atomic E-state index is 0.958. The molecule has 0 aliphatic rings. The van der Waals surface area contributed by atoms with Crippen molar-refractivity contribution in [1.29, 1.82) is 0 Å². The van der Waals surface area contributed by atoms with E-state index in [1.807, 2.05) is 11.8 Å². The first kappa shape index (κ1) is 14.1. The Labute approximate surface area is 112 Å². The Morgan fingerprint density at radius 3 is 2.81 bits per heavy atom. The number of rotatable bonds is 7. The predicted molar refractivity (Wildman–Crippen MR) is 78.2 cm³/mol. The molecule has 0 unspecified atom stereocenters. The van der Waals surface area contributed by atoms with Crippen LogP contribution < -0.4 is 5.32 Å². The molecule has 1 aromatic rings. The van der Waals surface area contributed by atoms with Crippen LogP contribution in [0.2, 0.25) is 0 Å². The maximum absolute atomic E-state index is 3.60. The summed E-state index contributed by atoms with van der Waals surface area (Å²) in [6.45, 7) is 4.19. The van der Waals surface area contributed by atoms with Crippen LogP contribution in [0.5, 0.6) is 0 Å². The normalized spacial score (nSPS) is 10.7. The first-order valence-electron chi connectivity index (χ1n) is 5.68. The first-order valence-corrected chi connectivity index (χ1v) is 7.87. The highest BCUT2D eigenvalue weighted by Crippen LogP contribution is 2.17. The number of benzene rings is 1. The summed E-state index contributed by atoms with van der Waals surface area (Å²) in [7, 11) is 0. The highest BCUT2D eigenvalue weighted by atomic mass is 79.9. The molecular formula is C13H20BrNS. The second-order valence-corrected chi connectivity index (χ2v) is 5.81. The minimum Gasteiger partial charge on any atom is -0.313 e. The smallest absolute Gasteiger partial charge is 0.0222 e. The fraction of sp³-hybridized carbons (Fsp3) is 0.538. The van der Waals surface area contributed by atoms with Crippen LogP contribution in [-0.2, 0) is 6.54 Å². The van der Waals surface area contributed by atoms with Crippen LogP contribution in [0.1, 0.15) is 24.0 Å². The summed E-state index contributed by atoms with van der Waals surface area (Å²) in [5, 5.41) is 3.48. The molecule has 0 saturated heterocycles. The number of halogens is 1. The Bertz CT molecular complexity index is 315. The van der Waals surface area contributed by atoms with Crippen LogP contribution in [0, 0.1) is 6.92 Å². The number of thioether (sulfide) groups is 1. The van der Waals surface area contributed by atoms with Gasteiger partial charge in [0.1, 0.15) is 0 Å². The molecular weight excluding hydrogens is 282 g/mol. The van der Waals surface area contributed by atoms with Crippen LogP contribution in [0.15, 0.2) is 22.7 Å². The van der Waals surface area contributed by atoms with Crippen LogP contribution in [0.4, 0.5) is 0 Å². The van der Waals surface area contributed by atoms with Crippen LogP contribution in [0.25, 0.3) is 0 Å². The van der Waals surface area contributed by atoms with Crippen molar-refractivity contribution in [3.8, 4) is 0 Å². The summed E-state index contributed by atoms with van der Waals surface area (Å²) in [6, 6.07) is 6.52. The van der Waals surface area contributed by atoms with Crippen molar-refractivity contribution in [3.63, 3.8) is 0 Å². The molecule has 0 amide bonds. The van der Waals surface area contributed by atoms with Crippen molar-refractivity contribution in [1.82, 2.24) is 5.32 Å². The maximum Gasteiger partial charge on any atom is 0.0222 e. The Morgan fingerprint density at radius 2 is 2.12 bits per heavy atom. The molecule has 0 aliphatic heterocycles. The van der Waals surface area contributed by atoms with Crippen molar-refractivity contribution >= 4 is 27.7 Å². The lowest BCUT2D eigenvalue weighted by molar-refractivity contribution is 0.643. The van der Waals surface area contributed by atoms with Gasteiger partial charge in [-0.15, -0.1) is 0 Å². The second kappa shape index (κ2) is 8.15. The van der Waals surface area contributed by atoms with Crippen LogP contribution >= 0.6 is 27.7 Å². The van der Waals surface area contributed by atoms with Gasteiger partial charge in [0, 0.05) is 11.0 Å². The average molecular weight is 302 g/mol. The third kappa shape index (κ3) is 5.37. The van der Waals surface area contributed by atoms with E-state index in [-0.39, 0.29) is 0 Å². The van der Waals surface area contributed by atoms with E-state index in [4.69, 9.17) is 0 Å². The molecule has 1 nitrogen and oxygen atoms in total. The van der Waals surface area contributed by atoms with Crippen molar-refractivity contribution in [2.45, 2.75) is 26.3 Å². The topological polar surface area (TPSA) is 12.0 Å². The third-order valence-electron chi connectivity index (χ3n) is 2.48. The minimum absolute atomic E-state index is 0.958. The van der Waals surface area contributed by atoms with E-state index in [2.05, 4.69) is 52.6 Å². The standard InChI is InChI=1S/C13H20BrNS/c1-11-5-6-12(13(14)9-11)10-15-7-3-4-8-16-2/h5-6,9,15H,3-4,7-8,10H2,1-2H3. The summed E-state index contributed by atoms with van der Waals surface area (Å²) in [5.74, 6) is 1.27. The van der Waals surface area contributed by atoms with E-state index >= 15 is 0 Å². The molecule has 16 heavy (non-hydrogen) atoms. The number of unbranched alkanes of at least 4 members (excludes halogenated alkanes) is 1. The molecule has 0 bridgehead atoms. The van der Waals surface area contributed by atoms with Gasteiger partial charge in [-0.1, -0.05) is 28.1 Å². The third-order valence-corrected chi connectivity index (χ3v) is 3.91. The predicted octanol–water partition coefficient (Wildman–Crippen LogP) is 3.99. The Hall–Kier alpha value is 0.01000. The molecule has 0 aliphatic carbocycles. The number of aryl methyl sites for hydroxylation is 1. The van der Waals surface area contributed by atoms with Gasteiger partial charge in [-0.05, 0) is 55.5 Å². The number of hydrogen-bond acceptors (Lipinski definition) is 2. The molecule has 0 heterocycles. The van der Waals surface area contributed by atoms with Gasteiger partial charge in [-0.25, -0.2) is 0 Å². The maximum atomic E-state index is 3.60. The average Bonchev–Trinajstić information content (AvgIpc) is 2.26. The zero-order valence-electron chi connectivity index (χ0n) is 10.1. The van der Waals surface area contributed by atoms with E-state index in [1.54, 1.807) is 0 Å². The summed E-state index contributed by atoms with van der Waals surface area (Å²) in [4.78, 5) is 0. The summed E-state index contributed by atoms with van der Waals surface area (Å²) in [6.07, 6.45) is 4.74. The van der Waals surface area contributed by atoms with E-state index in [1.165, 1.54) is 34.2 Å². The molecule has 0 radical (unpaired) electrons. The Morgan fingerprint density at radius 1 is 1.31 bits per heavy atom. The zero-order chi connectivity index (χ0) is 11.8. The van der Waals surface area contributed by atoms with Crippen molar-refractivity contribution in [3.05, 3.63) is 33.8 Å². The van der Waals surface area contributed by atoms with Gasteiger partial charge in [0.25, 0.3) is 0 Å². The van der Waals surface area contributed by atoms with E-state index in [0.29, 0.717) is 0 Å². The molecule has 0 spiro atoms. The molecule has 0 atom stereocenters. The highest BCUT2D eigenvalue weighted by molar-refractivity contribution is 9.10. The lowest BCUT2D eigenvalue weighted by atomic mass is 10.1. The molecule has 0 aromatic heterocycles. The van der Waals surface area contributed by atoms with Gasteiger partial charge in [0.15, 0.2) is 0 Å². The van der Waals surface area contributed by atoms with Gasteiger partial charge in [0.05, 0.1) is 0 Å². The summed E-state index contributed by atoms with van der Waals surface area (Å²) >= 11 is 5.52. The fourth-order valence-electron chi connectivity index (χ4n) is 1.52. The molecule has 1 N–H and O–H groups in total. The molecule has 0 fully saturated rings. The lowest BCUT2D eigenvalue weighted by Gasteiger charge is -2.07. The lowest BCUT2D eigenvalue weighted by Crippen LogP contribution is -2.15. The quantitative estimate of drug-likeness (QED) is 0.764. The zero-order valence-corrected chi connectivity index (χ0v) is 12.5. The first-order chi connectivity index (χ1) is 7.74. The largest absolute Gasteiger partial charge is 0.313 e. The molecule has 0 saturated carbocycles. The Balaban J connectivity index is 2.21. The summed E-state index contributed by atoms with van der Waals surface area (Å²) < 4.78 is 1.21. The van der Waals surface area contributed by atoms with Crippen LogP contribution in [0.3, 0.4) is 0 Å². The second-order valence-electron chi connectivity index (χ2n) is 3.97. The molecule has 3 heteroatoms. The Kier molecular flexibility index (Phi) is 7.17. The van der Waals surface area contributed by atoms with Gasteiger partial charge in [0.2, 0.25) is 0 Å². The highest BCUT2D eigenvalue weighted by Gasteiger charge is 1.99. The van der Waals surface area contributed by atoms with Gasteiger partial charge < -0.3 is 5.32 Å². The van der Waals surface area contributed by atoms with E-state index < -0.39 is 0 Å². The summed E-state index contributed by atoms with van der Waals surface area (Å²) in [5.41, 5.74) is 2.64. The van der Waals surface area contributed by atoms with Crippen molar-refractivity contribution in [2.24, 2.45) is 0 Å². The SMILES string of the molecule is CSCCCCNCc1ccc(C)cc1Br. The fourth-order valence-corrected chi connectivity index (χ4v) is 2.64. The van der Waals surface area contributed by atoms with Gasteiger partial charge in [-0.2, -0.15) is 11.8 Å². The molecule has 1 aromatic carbocycles. The number of nitrogens with one attached hydrogen (secondary N) is 1. The molecule has 1 rings (SSSR count). The van der Waals surface area contributed by atoms with Crippen molar-refractivity contribution < 1.29 is 0 Å². The van der Waals surface area contributed by atoms with Gasteiger partial charge in [-0.3, -0.25) is 0 Å². The molecule has 90 valence electrons. The number of hydrogen-bond donors (Lipinski definition) is 1. The van der Waals surface area contributed by atoms with Gasteiger partial charge >= 0.3 is 0 Å². The van der Waals surface area contributed by atoms with Crippen molar-refractivity contribution in [2.75, 3.05) is 18.6 Å². The van der Waals surface area contributed by atoms with E-state index in [9.17, 15) is 0 Å².